The van der Waals surface area contributed by atoms with Crippen LogP contribution in [0.5, 0.6) is 0 Å². The Morgan fingerprint density at radius 2 is 0.860 bits per heavy atom. The van der Waals surface area contributed by atoms with E-state index in [1.54, 1.807) is 0 Å². The first-order valence-corrected chi connectivity index (χ1v) is 19.6. The number of para-hydroxylation sites is 2. The van der Waals surface area contributed by atoms with Crippen LogP contribution >= 0.6 is 0 Å². The first-order chi connectivity index (χ1) is 28.3. The molecular formula is C55H37NO. The minimum atomic E-state index is -0.653. The topological polar surface area (TPSA) is 16.4 Å². The van der Waals surface area contributed by atoms with Gasteiger partial charge >= 0.3 is 0 Å². The highest BCUT2D eigenvalue weighted by Gasteiger charge is 2.48. The molecule has 0 amide bonds. The highest BCUT2D eigenvalue weighted by molar-refractivity contribution is 6.18. The summed E-state index contributed by atoms with van der Waals surface area (Å²) in [6, 6.07) is 81.1. The smallest absolute Gasteiger partial charge is 0.136 e. The molecule has 0 saturated heterocycles. The van der Waals surface area contributed by atoms with Crippen LogP contribution in [-0.2, 0) is 5.41 Å². The second-order valence-electron chi connectivity index (χ2n) is 14.8. The molecule has 0 bridgehead atoms. The molecule has 268 valence electrons. The van der Waals surface area contributed by atoms with Crippen LogP contribution in [0, 0.1) is 0 Å². The zero-order chi connectivity index (χ0) is 37.8. The SMILES string of the molecule is c1ccc(-c2ccc(N(c3ccccc3)c3ccc4c(c3)C(c3ccccc3)(c3ccccc3)c3cc5oc6ccccc6c5c(-c5ccccc5)c3-4)cc2)cc1. The summed E-state index contributed by atoms with van der Waals surface area (Å²) >= 11 is 0. The molecule has 0 spiro atoms. The van der Waals surface area contributed by atoms with Gasteiger partial charge in [-0.1, -0.05) is 176 Å². The number of nitrogens with zero attached hydrogens (tertiary/aromatic N) is 1. The Kier molecular flexibility index (Phi) is 7.75. The summed E-state index contributed by atoms with van der Waals surface area (Å²) in [7, 11) is 0. The Morgan fingerprint density at radius 3 is 1.51 bits per heavy atom. The zero-order valence-electron chi connectivity index (χ0n) is 31.2. The van der Waals surface area contributed by atoms with Gasteiger partial charge in [-0.3, -0.25) is 0 Å². The van der Waals surface area contributed by atoms with E-state index >= 15 is 0 Å². The Hall–Kier alpha value is -7.42. The Balaban J connectivity index is 1.24. The fourth-order valence-electron chi connectivity index (χ4n) is 9.32. The molecule has 0 N–H and O–H groups in total. The standard InChI is InChI=1S/C55H37NO/c1-6-18-38(19-7-1)39-30-32-44(33-31-39)56(43-26-14-5-15-27-43)45-34-35-46-48(36-45)55(41-22-10-3-11-23-41,42-24-12-4-13-25-42)49-37-51-54(47-28-16-17-29-50(47)57-51)52(53(46)49)40-20-8-2-9-21-40/h1-37H. The van der Waals surface area contributed by atoms with Crippen LogP contribution < -0.4 is 4.90 Å². The number of fused-ring (bicyclic) bond motifs is 6. The van der Waals surface area contributed by atoms with Crippen molar-refractivity contribution in [2.24, 2.45) is 0 Å². The minimum Gasteiger partial charge on any atom is -0.456 e. The average Bonchev–Trinajstić information content (AvgIpc) is 3.81. The van der Waals surface area contributed by atoms with E-state index in [9.17, 15) is 0 Å². The normalized spacial score (nSPS) is 12.7. The number of rotatable bonds is 7. The lowest BCUT2D eigenvalue weighted by Crippen LogP contribution is -2.28. The molecule has 2 heteroatoms. The predicted octanol–water partition coefficient (Wildman–Crippen LogP) is 14.8. The molecular weight excluding hydrogens is 691 g/mol. The molecule has 2 nitrogen and oxygen atoms in total. The van der Waals surface area contributed by atoms with E-state index in [0.717, 1.165) is 39.0 Å². The van der Waals surface area contributed by atoms with Crippen molar-refractivity contribution >= 4 is 39.0 Å². The number of hydrogen-bond acceptors (Lipinski definition) is 2. The molecule has 0 radical (unpaired) electrons. The Labute approximate surface area is 332 Å². The number of anilines is 3. The van der Waals surface area contributed by atoms with Gasteiger partial charge in [0.1, 0.15) is 11.2 Å². The maximum atomic E-state index is 6.81. The van der Waals surface area contributed by atoms with Crippen LogP contribution in [0.4, 0.5) is 17.1 Å². The molecule has 57 heavy (non-hydrogen) atoms. The summed E-state index contributed by atoms with van der Waals surface area (Å²) in [6.45, 7) is 0. The van der Waals surface area contributed by atoms with Gasteiger partial charge in [0, 0.05) is 33.4 Å². The third kappa shape index (κ3) is 5.18. The van der Waals surface area contributed by atoms with E-state index in [2.05, 4.69) is 229 Å². The van der Waals surface area contributed by atoms with Gasteiger partial charge in [-0.25, -0.2) is 0 Å². The third-order valence-corrected chi connectivity index (χ3v) is 11.7. The summed E-state index contributed by atoms with van der Waals surface area (Å²) in [6.07, 6.45) is 0. The van der Waals surface area contributed by atoms with Crippen molar-refractivity contribution in [2.75, 3.05) is 4.90 Å². The fourth-order valence-corrected chi connectivity index (χ4v) is 9.32. The van der Waals surface area contributed by atoms with Crippen molar-refractivity contribution in [3.05, 3.63) is 247 Å². The lowest BCUT2D eigenvalue weighted by Gasteiger charge is -2.35. The van der Waals surface area contributed by atoms with Gasteiger partial charge in [0.2, 0.25) is 0 Å². The Bertz CT molecular complexity index is 2990. The maximum Gasteiger partial charge on any atom is 0.136 e. The van der Waals surface area contributed by atoms with Crippen LogP contribution in [0.3, 0.4) is 0 Å². The second kappa shape index (κ2) is 13.4. The molecule has 0 atom stereocenters. The van der Waals surface area contributed by atoms with Crippen LogP contribution in [0.15, 0.2) is 229 Å². The minimum absolute atomic E-state index is 0.653. The quantitative estimate of drug-likeness (QED) is 0.163. The molecule has 0 unspecified atom stereocenters. The van der Waals surface area contributed by atoms with Crippen LogP contribution in [0.1, 0.15) is 22.3 Å². The van der Waals surface area contributed by atoms with Gasteiger partial charge in [-0.05, 0) is 98.6 Å². The van der Waals surface area contributed by atoms with Crippen LogP contribution in [0.2, 0.25) is 0 Å². The van der Waals surface area contributed by atoms with Gasteiger partial charge in [0.25, 0.3) is 0 Å². The monoisotopic (exact) mass is 727 g/mol. The lowest BCUT2D eigenvalue weighted by molar-refractivity contribution is 0.666. The molecule has 1 aromatic heterocycles. The first-order valence-electron chi connectivity index (χ1n) is 19.6. The van der Waals surface area contributed by atoms with Gasteiger partial charge in [0.15, 0.2) is 0 Å². The molecule has 1 aliphatic carbocycles. The molecule has 11 rings (SSSR count). The maximum absolute atomic E-state index is 6.81. The van der Waals surface area contributed by atoms with Gasteiger partial charge in [-0.15, -0.1) is 0 Å². The largest absolute Gasteiger partial charge is 0.456 e. The summed E-state index contributed by atoms with van der Waals surface area (Å²) in [5, 5.41) is 2.27. The lowest BCUT2D eigenvalue weighted by atomic mass is 9.67. The third-order valence-electron chi connectivity index (χ3n) is 11.7. The van der Waals surface area contributed by atoms with Crippen molar-refractivity contribution in [3.63, 3.8) is 0 Å². The second-order valence-corrected chi connectivity index (χ2v) is 14.8. The Morgan fingerprint density at radius 1 is 0.351 bits per heavy atom. The molecule has 0 aliphatic heterocycles. The van der Waals surface area contributed by atoms with Crippen molar-refractivity contribution in [1.82, 2.24) is 0 Å². The number of furan rings is 1. The van der Waals surface area contributed by atoms with E-state index in [0.29, 0.717) is 0 Å². The predicted molar refractivity (Wildman–Crippen MR) is 237 cm³/mol. The summed E-state index contributed by atoms with van der Waals surface area (Å²) in [4.78, 5) is 2.39. The highest BCUT2D eigenvalue weighted by Crippen LogP contribution is 2.61. The van der Waals surface area contributed by atoms with E-state index in [1.165, 1.54) is 55.6 Å². The molecule has 0 fully saturated rings. The summed E-state index contributed by atoms with van der Waals surface area (Å²) in [5.41, 5.74) is 16.5. The fraction of sp³-hybridized carbons (Fsp3) is 0.0182. The molecule has 0 saturated carbocycles. The molecule has 10 aromatic rings. The van der Waals surface area contributed by atoms with Crippen molar-refractivity contribution in [2.45, 2.75) is 5.41 Å². The summed E-state index contributed by atoms with van der Waals surface area (Å²) < 4.78 is 6.81. The van der Waals surface area contributed by atoms with Crippen molar-refractivity contribution in [1.29, 1.82) is 0 Å². The van der Waals surface area contributed by atoms with Crippen LogP contribution in [0.25, 0.3) is 55.3 Å². The van der Waals surface area contributed by atoms with Gasteiger partial charge in [-0.2, -0.15) is 0 Å². The first kappa shape index (κ1) is 33.0. The molecule has 9 aromatic carbocycles. The number of hydrogen-bond donors (Lipinski definition) is 0. The average molecular weight is 728 g/mol. The summed E-state index contributed by atoms with van der Waals surface area (Å²) in [5.74, 6) is 0. The van der Waals surface area contributed by atoms with Crippen molar-refractivity contribution in [3.8, 4) is 33.4 Å². The van der Waals surface area contributed by atoms with E-state index < -0.39 is 5.41 Å². The van der Waals surface area contributed by atoms with E-state index in [-0.39, 0.29) is 0 Å². The van der Waals surface area contributed by atoms with E-state index in [4.69, 9.17) is 4.42 Å². The van der Waals surface area contributed by atoms with Crippen LogP contribution in [-0.4, -0.2) is 0 Å². The highest BCUT2D eigenvalue weighted by atomic mass is 16.3. The van der Waals surface area contributed by atoms with Gasteiger partial charge in [0.05, 0.1) is 5.41 Å². The van der Waals surface area contributed by atoms with E-state index in [1.807, 2.05) is 0 Å². The molecule has 1 heterocycles. The molecule has 1 aliphatic rings. The van der Waals surface area contributed by atoms with Crippen molar-refractivity contribution < 1.29 is 4.42 Å². The number of benzene rings is 9. The van der Waals surface area contributed by atoms with Gasteiger partial charge < -0.3 is 9.32 Å². The zero-order valence-corrected chi connectivity index (χ0v) is 31.2.